The first kappa shape index (κ1) is 15.8. The first-order valence-corrected chi connectivity index (χ1v) is 7.17. The van der Waals surface area contributed by atoms with E-state index in [1.165, 1.54) is 32.7 Å². The Morgan fingerprint density at radius 1 is 0.714 bits per heavy atom. The SMILES string of the molecule is Cc1c2ccccc2c(C[N+](C)(C)C)c2ccccc12.[Cl-]. The van der Waals surface area contributed by atoms with Gasteiger partial charge in [-0.25, -0.2) is 0 Å². The van der Waals surface area contributed by atoms with Gasteiger partial charge >= 0.3 is 0 Å². The Kier molecular flexibility index (Phi) is 4.27. The van der Waals surface area contributed by atoms with Crippen LogP contribution >= 0.6 is 0 Å². The van der Waals surface area contributed by atoms with Crippen molar-refractivity contribution in [1.82, 2.24) is 0 Å². The summed E-state index contributed by atoms with van der Waals surface area (Å²) < 4.78 is 0.942. The molecule has 3 aromatic rings. The largest absolute Gasteiger partial charge is 1.00 e. The molecule has 0 saturated carbocycles. The van der Waals surface area contributed by atoms with Crippen molar-refractivity contribution in [2.24, 2.45) is 0 Å². The molecule has 1 nitrogen and oxygen atoms in total. The van der Waals surface area contributed by atoms with E-state index in [1.54, 1.807) is 0 Å². The molecule has 0 fully saturated rings. The van der Waals surface area contributed by atoms with Crippen LogP contribution in [0.4, 0.5) is 0 Å². The monoisotopic (exact) mass is 299 g/mol. The molecule has 0 atom stereocenters. The highest BCUT2D eigenvalue weighted by atomic mass is 35.5. The number of fused-ring (bicyclic) bond motifs is 2. The Morgan fingerprint density at radius 2 is 1.10 bits per heavy atom. The minimum absolute atomic E-state index is 0. The van der Waals surface area contributed by atoms with Crippen molar-refractivity contribution in [3.8, 4) is 0 Å². The highest BCUT2D eigenvalue weighted by Gasteiger charge is 2.16. The van der Waals surface area contributed by atoms with Gasteiger partial charge in [0.05, 0.1) is 21.1 Å². The smallest absolute Gasteiger partial charge is 0.105 e. The van der Waals surface area contributed by atoms with Gasteiger partial charge in [0.1, 0.15) is 6.54 Å². The van der Waals surface area contributed by atoms with E-state index in [1.807, 2.05) is 0 Å². The molecule has 0 spiro atoms. The van der Waals surface area contributed by atoms with Crippen molar-refractivity contribution in [3.63, 3.8) is 0 Å². The molecule has 0 saturated heterocycles. The van der Waals surface area contributed by atoms with Gasteiger partial charge in [0.25, 0.3) is 0 Å². The fourth-order valence-corrected chi connectivity index (χ4v) is 3.08. The zero-order valence-corrected chi connectivity index (χ0v) is 13.9. The molecule has 21 heavy (non-hydrogen) atoms. The minimum Gasteiger partial charge on any atom is -1.00 e. The number of hydrogen-bond donors (Lipinski definition) is 0. The molecule has 2 heteroatoms. The van der Waals surface area contributed by atoms with Crippen LogP contribution in [0.1, 0.15) is 11.1 Å². The third-order valence-electron chi connectivity index (χ3n) is 3.94. The number of benzene rings is 3. The predicted octanol–water partition coefficient (Wildman–Crippen LogP) is 1.51. The fourth-order valence-electron chi connectivity index (χ4n) is 3.08. The molecule has 110 valence electrons. The van der Waals surface area contributed by atoms with E-state index in [9.17, 15) is 0 Å². The van der Waals surface area contributed by atoms with Crippen molar-refractivity contribution in [2.75, 3.05) is 21.1 Å². The zero-order chi connectivity index (χ0) is 14.3. The lowest BCUT2D eigenvalue weighted by Gasteiger charge is -2.26. The maximum absolute atomic E-state index is 2.26. The summed E-state index contributed by atoms with van der Waals surface area (Å²) in [6, 6.07) is 17.6. The third-order valence-corrected chi connectivity index (χ3v) is 3.94. The lowest BCUT2D eigenvalue weighted by Crippen LogP contribution is -3.00. The van der Waals surface area contributed by atoms with Crippen molar-refractivity contribution in [2.45, 2.75) is 13.5 Å². The van der Waals surface area contributed by atoms with E-state index in [2.05, 4.69) is 76.6 Å². The van der Waals surface area contributed by atoms with Crippen LogP contribution in [0.5, 0.6) is 0 Å². The molecular weight excluding hydrogens is 278 g/mol. The average molecular weight is 300 g/mol. The second-order valence-corrected chi connectivity index (χ2v) is 6.64. The predicted molar refractivity (Wildman–Crippen MR) is 87.9 cm³/mol. The van der Waals surface area contributed by atoms with E-state index in [0.29, 0.717) is 0 Å². The van der Waals surface area contributed by atoms with Crippen molar-refractivity contribution >= 4 is 21.5 Å². The molecule has 0 unspecified atom stereocenters. The van der Waals surface area contributed by atoms with Crippen LogP contribution in [-0.4, -0.2) is 25.6 Å². The van der Waals surface area contributed by atoms with Crippen LogP contribution in [0.3, 0.4) is 0 Å². The molecule has 0 aliphatic rings. The Morgan fingerprint density at radius 3 is 1.48 bits per heavy atom. The normalized spacial score (nSPS) is 11.6. The number of quaternary nitrogens is 1. The molecule has 3 aromatic carbocycles. The highest BCUT2D eigenvalue weighted by Crippen LogP contribution is 2.33. The van der Waals surface area contributed by atoms with Crippen LogP contribution in [0.25, 0.3) is 21.5 Å². The van der Waals surface area contributed by atoms with E-state index in [4.69, 9.17) is 0 Å². The summed E-state index contributed by atoms with van der Waals surface area (Å²) in [5.74, 6) is 0. The number of aryl methyl sites for hydroxylation is 1. The summed E-state index contributed by atoms with van der Waals surface area (Å²) in [6.45, 7) is 3.28. The molecule has 0 aliphatic heterocycles. The van der Waals surface area contributed by atoms with Crippen molar-refractivity contribution in [3.05, 3.63) is 59.7 Å². The molecule has 0 radical (unpaired) electrons. The summed E-state index contributed by atoms with van der Waals surface area (Å²) >= 11 is 0. The van der Waals surface area contributed by atoms with Crippen LogP contribution in [0, 0.1) is 6.92 Å². The Balaban J connectivity index is 0.00000161. The lowest BCUT2D eigenvalue weighted by atomic mass is 9.92. The fraction of sp³-hybridized carbons (Fsp3) is 0.263. The van der Waals surface area contributed by atoms with Gasteiger partial charge in [0, 0.05) is 5.56 Å². The van der Waals surface area contributed by atoms with Gasteiger partial charge in [-0.05, 0) is 34.0 Å². The molecule has 3 rings (SSSR count). The summed E-state index contributed by atoms with van der Waals surface area (Å²) in [5.41, 5.74) is 2.86. The van der Waals surface area contributed by atoms with Gasteiger partial charge in [0.15, 0.2) is 0 Å². The number of hydrogen-bond acceptors (Lipinski definition) is 0. The van der Waals surface area contributed by atoms with Gasteiger partial charge in [-0.2, -0.15) is 0 Å². The Hall–Kier alpha value is -1.57. The second-order valence-electron chi connectivity index (χ2n) is 6.64. The first-order chi connectivity index (χ1) is 9.47. The lowest BCUT2D eigenvalue weighted by molar-refractivity contribution is -0.883. The third kappa shape index (κ3) is 2.90. The highest BCUT2D eigenvalue weighted by molar-refractivity contribution is 6.05. The first-order valence-electron chi connectivity index (χ1n) is 7.17. The van der Waals surface area contributed by atoms with Gasteiger partial charge in [-0.3, -0.25) is 0 Å². The molecule has 0 bridgehead atoms. The standard InChI is InChI=1S/C19H22N.ClH/c1-14-15-9-5-7-11-17(15)19(13-20(2,3)4)18-12-8-6-10-16(14)18;/h5-12H,13H2,1-4H3;1H/q+1;/p-1. The quantitative estimate of drug-likeness (QED) is 0.497. The number of nitrogens with zero attached hydrogens (tertiary/aromatic N) is 1. The van der Waals surface area contributed by atoms with E-state index < -0.39 is 0 Å². The van der Waals surface area contributed by atoms with Gasteiger partial charge < -0.3 is 16.9 Å². The minimum atomic E-state index is 0. The average Bonchev–Trinajstić information content (AvgIpc) is 2.42. The molecule has 0 N–H and O–H groups in total. The van der Waals surface area contributed by atoms with E-state index in [0.717, 1.165) is 11.0 Å². The Bertz CT molecular complexity index is 728. The maximum atomic E-state index is 2.26. The summed E-state index contributed by atoms with van der Waals surface area (Å²) in [7, 11) is 6.76. The number of rotatable bonds is 2. The van der Waals surface area contributed by atoms with E-state index >= 15 is 0 Å². The summed E-state index contributed by atoms with van der Waals surface area (Å²) in [4.78, 5) is 0. The zero-order valence-electron chi connectivity index (χ0n) is 13.2. The second kappa shape index (κ2) is 5.67. The topological polar surface area (TPSA) is 0 Å². The Labute approximate surface area is 133 Å². The summed E-state index contributed by atoms with van der Waals surface area (Å²) in [6.07, 6.45) is 0. The summed E-state index contributed by atoms with van der Waals surface area (Å²) in [5, 5.41) is 5.57. The number of halogens is 1. The van der Waals surface area contributed by atoms with Crippen LogP contribution in [-0.2, 0) is 6.54 Å². The van der Waals surface area contributed by atoms with Crippen LogP contribution in [0.2, 0.25) is 0 Å². The molecule has 0 aromatic heterocycles. The van der Waals surface area contributed by atoms with Crippen molar-refractivity contribution < 1.29 is 16.9 Å². The van der Waals surface area contributed by atoms with Crippen molar-refractivity contribution in [1.29, 1.82) is 0 Å². The molecule has 0 aliphatic carbocycles. The van der Waals surface area contributed by atoms with Crippen LogP contribution < -0.4 is 12.4 Å². The van der Waals surface area contributed by atoms with E-state index in [-0.39, 0.29) is 12.4 Å². The van der Waals surface area contributed by atoms with Gasteiger partial charge in [0.2, 0.25) is 0 Å². The van der Waals surface area contributed by atoms with Crippen LogP contribution in [0.15, 0.2) is 48.5 Å². The molecule has 0 amide bonds. The van der Waals surface area contributed by atoms with Gasteiger partial charge in [-0.15, -0.1) is 0 Å². The van der Waals surface area contributed by atoms with Gasteiger partial charge in [-0.1, -0.05) is 48.5 Å². The molecular formula is C19H22ClN. The molecule has 0 heterocycles. The maximum Gasteiger partial charge on any atom is 0.105 e.